The van der Waals surface area contributed by atoms with E-state index in [0.29, 0.717) is 11.4 Å². The van der Waals surface area contributed by atoms with Crippen LogP contribution in [-0.2, 0) is 9.59 Å². The highest BCUT2D eigenvalue weighted by molar-refractivity contribution is 9.10. The highest BCUT2D eigenvalue weighted by atomic mass is 79.9. The smallest absolute Gasteiger partial charge is 0.258 e. The van der Waals surface area contributed by atoms with E-state index >= 15 is 0 Å². The summed E-state index contributed by atoms with van der Waals surface area (Å²) < 4.78 is 6.38. The van der Waals surface area contributed by atoms with Gasteiger partial charge in [-0.25, -0.2) is 0 Å². The van der Waals surface area contributed by atoms with Crippen molar-refractivity contribution in [3.05, 3.63) is 57.6 Å². The molecule has 0 saturated heterocycles. The maximum atomic E-state index is 11.9. The van der Waals surface area contributed by atoms with Gasteiger partial charge in [0.1, 0.15) is 5.75 Å². The molecule has 0 aliphatic carbocycles. The number of amides is 2. The number of hydrogen-bond acceptors (Lipinski definition) is 3. The normalized spacial score (nSPS) is 10.2. The predicted octanol–water partition coefficient (Wildman–Crippen LogP) is 3.51. The zero-order valence-corrected chi connectivity index (χ0v) is 16.1. The molecule has 0 unspecified atom stereocenters. The molecule has 0 saturated carbocycles. The summed E-state index contributed by atoms with van der Waals surface area (Å²) in [6.07, 6.45) is 0. The minimum Gasteiger partial charge on any atom is -0.483 e. The van der Waals surface area contributed by atoms with Crippen LogP contribution in [-0.4, -0.2) is 25.0 Å². The Bertz CT molecular complexity index is 767. The van der Waals surface area contributed by atoms with Crippen molar-refractivity contribution < 1.29 is 14.3 Å². The molecule has 0 bridgehead atoms. The molecule has 5 nitrogen and oxygen atoms in total. The maximum Gasteiger partial charge on any atom is 0.258 e. The lowest BCUT2D eigenvalue weighted by Gasteiger charge is -2.13. The van der Waals surface area contributed by atoms with E-state index in [2.05, 4.69) is 26.6 Å². The zero-order chi connectivity index (χ0) is 18.4. The van der Waals surface area contributed by atoms with E-state index in [0.717, 1.165) is 21.2 Å². The van der Waals surface area contributed by atoms with Crippen LogP contribution in [0.3, 0.4) is 0 Å². The molecule has 0 heterocycles. The molecule has 6 heteroatoms. The van der Waals surface area contributed by atoms with Crippen LogP contribution in [0.1, 0.15) is 16.7 Å². The van der Waals surface area contributed by atoms with Gasteiger partial charge < -0.3 is 15.4 Å². The van der Waals surface area contributed by atoms with Gasteiger partial charge in [0.05, 0.1) is 12.2 Å². The van der Waals surface area contributed by atoms with Crippen LogP contribution in [0.2, 0.25) is 0 Å². The number of carbonyl (C=O) groups excluding carboxylic acids is 2. The number of para-hydroxylation sites is 1. The molecule has 0 atom stereocenters. The summed E-state index contributed by atoms with van der Waals surface area (Å²) in [7, 11) is 0. The lowest BCUT2D eigenvalue weighted by Crippen LogP contribution is -2.35. The summed E-state index contributed by atoms with van der Waals surface area (Å²) in [5.74, 6) is 0.0583. The average molecular weight is 405 g/mol. The van der Waals surface area contributed by atoms with Crippen LogP contribution < -0.4 is 15.4 Å². The number of rotatable bonds is 6. The Balaban J connectivity index is 1.81. The number of carbonyl (C=O) groups is 2. The summed E-state index contributed by atoms with van der Waals surface area (Å²) in [5, 5.41) is 5.27. The highest BCUT2D eigenvalue weighted by Crippen LogP contribution is 2.24. The molecule has 0 aliphatic heterocycles. The largest absolute Gasteiger partial charge is 0.483 e. The number of aryl methyl sites for hydroxylation is 3. The fourth-order valence-electron chi connectivity index (χ4n) is 2.52. The topological polar surface area (TPSA) is 67.4 Å². The van der Waals surface area contributed by atoms with Crippen molar-refractivity contribution in [1.29, 1.82) is 0 Å². The Morgan fingerprint density at radius 2 is 1.68 bits per heavy atom. The molecule has 2 N–H and O–H groups in total. The first-order chi connectivity index (χ1) is 11.9. The molecule has 0 fully saturated rings. The first-order valence-corrected chi connectivity index (χ1v) is 8.68. The third-order valence-electron chi connectivity index (χ3n) is 3.55. The molecule has 2 amide bonds. The van der Waals surface area contributed by atoms with Crippen molar-refractivity contribution in [1.82, 2.24) is 5.32 Å². The van der Waals surface area contributed by atoms with Gasteiger partial charge in [-0.15, -0.1) is 0 Å². The molecule has 0 aromatic heterocycles. The van der Waals surface area contributed by atoms with E-state index in [-0.39, 0.29) is 25.0 Å². The number of halogens is 1. The lowest BCUT2D eigenvalue weighted by molar-refractivity contribution is -0.125. The van der Waals surface area contributed by atoms with Crippen LogP contribution in [0, 0.1) is 20.8 Å². The van der Waals surface area contributed by atoms with Crippen molar-refractivity contribution in [2.45, 2.75) is 20.8 Å². The fraction of sp³-hybridized carbons (Fsp3) is 0.263. The second-order valence-electron chi connectivity index (χ2n) is 5.82. The SMILES string of the molecule is Cc1cc(C)c(OCC(=O)NCC(=O)Nc2ccccc2Br)c(C)c1. The molecule has 2 aromatic carbocycles. The van der Waals surface area contributed by atoms with E-state index < -0.39 is 0 Å². The molecule has 132 valence electrons. The Labute approximate surface area is 155 Å². The van der Waals surface area contributed by atoms with Crippen molar-refractivity contribution in [2.24, 2.45) is 0 Å². The quantitative estimate of drug-likeness (QED) is 0.773. The van der Waals surface area contributed by atoms with Gasteiger partial charge in [-0.2, -0.15) is 0 Å². The summed E-state index contributed by atoms with van der Waals surface area (Å²) in [6.45, 7) is 5.65. The van der Waals surface area contributed by atoms with Gasteiger partial charge in [0.25, 0.3) is 5.91 Å². The Hall–Kier alpha value is -2.34. The number of nitrogens with one attached hydrogen (secondary N) is 2. The van der Waals surface area contributed by atoms with Crippen LogP contribution in [0.5, 0.6) is 5.75 Å². The van der Waals surface area contributed by atoms with Gasteiger partial charge in [0.15, 0.2) is 6.61 Å². The number of hydrogen-bond donors (Lipinski definition) is 2. The van der Waals surface area contributed by atoms with Crippen LogP contribution >= 0.6 is 15.9 Å². The number of ether oxygens (including phenoxy) is 1. The highest BCUT2D eigenvalue weighted by Gasteiger charge is 2.10. The van der Waals surface area contributed by atoms with E-state index in [4.69, 9.17) is 4.74 Å². The number of anilines is 1. The van der Waals surface area contributed by atoms with Crippen LogP contribution in [0.4, 0.5) is 5.69 Å². The molecule has 25 heavy (non-hydrogen) atoms. The summed E-state index contributed by atoms with van der Waals surface area (Å²) >= 11 is 3.35. The lowest BCUT2D eigenvalue weighted by atomic mass is 10.1. The van der Waals surface area contributed by atoms with Gasteiger partial charge in [0.2, 0.25) is 5.91 Å². The summed E-state index contributed by atoms with van der Waals surface area (Å²) in [4.78, 5) is 23.8. The Kier molecular flexibility index (Phi) is 6.58. The first-order valence-electron chi connectivity index (χ1n) is 7.88. The van der Waals surface area contributed by atoms with E-state index in [1.807, 2.05) is 51.1 Å². The zero-order valence-electron chi connectivity index (χ0n) is 14.5. The molecule has 0 aliphatic rings. The monoisotopic (exact) mass is 404 g/mol. The molecule has 2 aromatic rings. The molecule has 0 spiro atoms. The van der Waals surface area contributed by atoms with Crippen molar-refractivity contribution in [3.63, 3.8) is 0 Å². The maximum absolute atomic E-state index is 11.9. The fourth-order valence-corrected chi connectivity index (χ4v) is 2.90. The Morgan fingerprint density at radius 1 is 1.04 bits per heavy atom. The molecular formula is C19H21BrN2O3. The van der Waals surface area contributed by atoms with E-state index in [1.165, 1.54) is 0 Å². The first kappa shape index (κ1) is 19.0. The van der Waals surface area contributed by atoms with Gasteiger partial charge >= 0.3 is 0 Å². The third kappa shape index (κ3) is 5.60. The van der Waals surface area contributed by atoms with Crippen LogP contribution in [0.25, 0.3) is 0 Å². The molecule has 0 radical (unpaired) electrons. The summed E-state index contributed by atoms with van der Waals surface area (Å²) in [5.41, 5.74) is 3.77. The minimum absolute atomic E-state index is 0.116. The predicted molar refractivity (Wildman–Crippen MR) is 102 cm³/mol. The van der Waals surface area contributed by atoms with E-state index in [9.17, 15) is 9.59 Å². The Morgan fingerprint density at radius 3 is 2.32 bits per heavy atom. The van der Waals surface area contributed by atoms with Gasteiger partial charge in [-0.3, -0.25) is 9.59 Å². The average Bonchev–Trinajstić information content (AvgIpc) is 2.54. The molecular weight excluding hydrogens is 384 g/mol. The van der Waals surface area contributed by atoms with Gasteiger partial charge in [0, 0.05) is 4.47 Å². The van der Waals surface area contributed by atoms with Crippen LogP contribution in [0.15, 0.2) is 40.9 Å². The second-order valence-corrected chi connectivity index (χ2v) is 6.68. The van der Waals surface area contributed by atoms with E-state index in [1.54, 1.807) is 6.07 Å². The second kappa shape index (κ2) is 8.67. The van der Waals surface area contributed by atoms with Crippen molar-refractivity contribution in [2.75, 3.05) is 18.5 Å². The standard InChI is InChI=1S/C19H21BrN2O3/c1-12-8-13(2)19(14(3)9-12)25-11-18(24)21-10-17(23)22-16-7-5-4-6-15(16)20/h4-9H,10-11H2,1-3H3,(H,21,24)(H,22,23). The van der Waals surface area contributed by atoms with Gasteiger partial charge in [-0.1, -0.05) is 29.8 Å². The third-order valence-corrected chi connectivity index (χ3v) is 4.24. The number of benzene rings is 2. The minimum atomic E-state index is -0.346. The molecule has 2 rings (SSSR count). The van der Waals surface area contributed by atoms with Gasteiger partial charge in [-0.05, 0) is 60.0 Å². The summed E-state index contributed by atoms with van der Waals surface area (Å²) in [6, 6.07) is 11.3. The van der Waals surface area contributed by atoms with Crippen molar-refractivity contribution in [3.8, 4) is 5.75 Å². The van der Waals surface area contributed by atoms with Crippen molar-refractivity contribution >= 4 is 33.4 Å².